The summed E-state index contributed by atoms with van der Waals surface area (Å²) < 4.78 is 59.0. The van der Waals surface area contributed by atoms with Crippen molar-refractivity contribution in [1.29, 1.82) is 0 Å². The molecule has 0 saturated carbocycles. The predicted octanol–water partition coefficient (Wildman–Crippen LogP) is 8.42. The molecule has 2 aliphatic rings. The molecule has 1 aromatic heterocycles. The second-order valence-corrected chi connectivity index (χ2v) is 14.2. The van der Waals surface area contributed by atoms with Crippen LogP contribution >= 0.6 is 0 Å². The highest BCUT2D eigenvalue weighted by molar-refractivity contribution is 5.73. The zero-order chi connectivity index (χ0) is 36.9. The highest BCUT2D eigenvalue weighted by Crippen LogP contribution is 2.40. The summed E-state index contributed by atoms with van der Waals surface area (Å²) in [5.41, 5.74) is 3.60. The van der Waals surface area contributed by atoms with Gasteiger partial charge in [-0.15, -0.1) is 5.10 Å². The van der Waals surface area contributed by atoms with Gasteiger partial charge in [0.25, 0.3) is 0 Å². The van der Waals surface area contributed by atoms with E-state index in [0.717, 1.165) is 47.2 Å². The third kappa shape index (κ3) is 9.02. The van der Waals surface area contributed by atoms with Crippen LogP contribution in [-0.4, -0.2) is 63.5 Å². The van der Waals surface area contributed by atoms with E-state index in [9.17, 15) is 22.8 Å². The van der Waals surface area contributed by atoms with Gasteiger partial charge in [-0.3, -0.25) is 0 Å². The third-order valence-corrected chi connectivity index (χ3v) is 9.18. The van der Waals surface area contributed by atoms with Crippen molar-refractivity contribution in [3.8, 4) is 17.0 Å². The topological polar surface area (TPSA) is 94.1 Å². The summed E-state index contributed by atoms with van der Waals surface area (Å²) in [6, 6.07) is 21.6. The van der Waals surface area contributed by atoms with Crippen molar-refractivity contribution in [3.05, 3.63) is 112 Å². The van der Waals surface area contributed by atoms with Gasteiger partial charge in [-0.1, -0.05) is 60.7 Å². The largest absolute Gasteiger partial charge is 0.488 e. The Morgan fingerprint density at radius 3 is 2.12 bits per heavy atom. The number of ether oxygens (including phenoxy) is 3. The minimum absolute atomic E-state index is 0.0705. The summed E-state index contributed by atoms with van der Waals surface area (Å²) in [4.78, 5) is 29.9. The summed E-state index contributed by atoms with van der Waals surface area (Å²) in [6.45, 7) is 6.30. The van der Waals surface area contributed by atoms with Crippen LogP contribution in [0.3, 0.4) is 0 Å². The lowest BCUT2D eigenvalue weighted by Gasteiger charge is -2.41. The fourth-order valence-corrected chi connectivity index (χ4v) is 6.63. The molecule has 1 aliphatic carbocycles. The second-order valence-electron chi connectivity index (χ2n) is 14.2. The minimum atomic E-state index is -4.56. The normalized spacial score (nSPS) is 16.2. The van der Waals surface area contributed by atoms with Crippen LogP contribution in [0.25, 0.3) is 11.3 Å². The maximum absolute atomic E-state index is 13.8. The van der Waals surface area contributed by atoms with Gasteiger partial charge in [-0.05, 0) is 86.9 Å². The molecule has 3 aromatic carbocycles. The van der Waals surface area contributed by atoms with Crippen LogP contribution in [0.2, 0.25) is 0 Å². The first kappa shape index (κ1) is 36.7. The number of halogens is 3. The molecule has 1 atom stereocenters. The number of hydrogen-bond acceptors (Lipinski definition) is 7. The number of rotatable bonds is 8. The number of amides is 2. The van der Waals surface area contributed by atoms with Crippen LogP contribution in [0, 0.1) is 0 Å². The van der Waals surface area contributed by atoms with Gasteiger partial charge < -0.3 is 24.0 Å². The molecular weight excluding hydrogens is 673 g/mol. The minimum Gasteiger partial charge on any atom is -0.488 e. The van der Waals surface area contributed by atoms with Crippen molar-refractivity contribution in [3.63, 3.8) is 0 Å². The van der Waals surface area contributed by atoms with Gasteiger partial charge in [0.1, 0.15) is 30.3 Å². The van der Waals surface area contributed by atoms with E-state index in [1.165, 1.54) is 6.07 Å². The molecule has 0 radical (unpaired) electrons. The molecule has 1 saturated heterocycles. The van der Waals surface area contributed by atoms with Gasteiger partial charge >= 0.3 is 18.4 Å². The van der Waals surface area contributed by atoms with Gasteiger partial charge in [0.05, 0.1) is 17.3 Å². The van der Waals surface area contributed by atoms with Crippen molar-refractivity contribution in [1.82, 2.24) is 20.0 Å². The molecule has 52 heavy (non-hydrogen) atoms. The SMILES string of the molecule is CC(C)(C)OC(=O)N1CCN(C(=O)OCc2ccccc2)C(Cc2nnc(-c3ccc(C(F)(F)F)cc3OCc3ccccc3)c3c2CCCC3)C1. The third-order valence-electron chi connectivity index (χ3n) is 9.18. The fraction of sp³-hybridized carbons (Fsp3) is 0.400. The maximum Gasteiger partial charge on any atom is 0.416 e. The van der Waals surface area contributed by atoms with Crippen molar-refractivity contribution in [2.75, 3.05) is 19.6 Å². The lowest BCUT2D eigenvalue weighted by Crippen LogP contribution is -2.58. The average Bonchev–Trinajstić information content (AvgIpc) is 3.13. The van der Waals surface area contributed by atoms with Gasteiger partial charge in [0.2, 0.25) is 0 Å². The highest BCUT2D eigenvalue weighted by atomic mass is 19.4. The maximum atomic E-state index is 13.8. The molecule has 2 amide bonds. The first-order valence-electron chi connectivity index (χ1n) is 17.6. The van der Waals surface area contributed by atoms with Gasteiger partial charge in [0, 0.05) is 31.6 Å². The van der Waals surface area contributed by atoms with Crippen molar-refractivity contribution < 1.29 is 37.0 Å². The Bertz CT molecular complexity index is 1870. The molecule has 0 spiro atoms. The number of aromatic nitrogens is 2. The molecule has 1 fully saturated rings. The van der Waals surface area contributed by atoms with E-state index in [4.69, 9.17) is 14.2 Å². The molecule has 1 aliphatic heterocycles. The first-order chi connectivity index (χ1) is 24.9. The molecule has 274 valence electrons. The summed E-state index contributed by atoms with van der Waals surface area (Å²) >= 11 is 0. The number of benzene rings is 3. The Hall–Kier alpha value is -5.13. The van der Waals surface area contributed by atoms with Crippen LogP contribution in [0.1, 0.15) is 67.1 Å². The number of piperazine rings is 1. The number of fused-ring (bicyclic) bond motifs is 1. The quantitative estimate of drug-likeness (QED) is 0.181. The van der Waals surface area contributed by atoms with Crippen LogP contribution in [0.4, 0.5) is 22.8 Å². The number of alkyl halides is 3. The van der Waals surface area contributed by atoms with Crippen molar-refractivity contribution >= 4 is 12.2 Å². The Morgan fingerprint density at radius 2 is 1.46 bits per heavy atom. The summed E-state index contributed by atoms with van der Waals surface area (Å²) in [6.07, 6.45) is -2.12. The van der Waals surface area contributed by atoms with Crippen LogP contribution in [-0.2, 0) is 48.1 Å². The molecule has 6 rings (SSSR count). The smallest absolute Gasteiger partial charge is 0.416 e. The molecule has 9 nitrogen and oxygen atoms in total. The summed E-state index contributed by atoms with van der Waals surface area (Å²) in [7, 11) is 0. The molecule has 4 aromatic rings. The van der Waals surface area contributed by atoms with Crippen LogP contribution in [0.5, 0.6) is 5.75 Å². The van der Waals surface area contributed by atoms with E-state index in [1.54, 1.807) is 30.6 Å². The van der Waals surface area contributed by atoms with Gasteiger partial charge in [0.15, 0.2) is 0 Å². The molecule has 0 N–H and O–H groups in total. The Balaban J connectivity index is 1.31. The monoisotopic (exact) mass is 716 g/mol. The lowest BCUT2D eigenvalue weighted by atomic mass is 9.86. The zero-order valence-electron chi connectivity index (χ0n) is 29.6. The van der Waals surface area contributed by atoms with E-state index < -0.39 is 35.6 Å². The van der Waals surface area contributed by atoms with Crippen LogP contribution in [0.15, 0.2) is 78.9 Å². The molecule has 12 heteroatoms. The molecule has 2 heterocycles. The van der Waals surface area contributed by atoms with E-state index in [-0.39, 0.29) is 38.6 Å². The first-order valence-corrected chi connectivity index (χ1v) is 17.6. The van der Waals surface area contributed by atoms with E-state index in [1.807, 2.05) is 60.7 Å². The molecular formula is C40H43F3N4O5. The predicted molar refractivity (Wildman–Crippen MR) is 189 cm³/mol. The Labute approximate surface area is 301 Å². The fourth-order valence-electron chi connectivity index (χ4n) is 6.63. The van der Waals surface area contributed by atoms with Gasteiger partial charge in [-0.2, -0.15) is 18.3 Å². The molecule has 1 unspecified atom stereocenters. The van der Waals surface area contributed by atoms with Crippen molar-refractivity contribution in [2.45, 2.75) is 83.9 Å². The summed E-state index contributed by atoms with van der Waals surface area (Å²) in [5.74, 6) is 0.0705. The molecule has 0 bridgehead atoms. The number of carbonyl (C=O) groups is 2. The van der Waals surface area contributed by atoms with E-state index in [2.05, 4.69) is 10.2 Å². The second kappa shape index (κ2) is 15.6. The zero-order valence-corrected chi connectivity index (χ0v) is 29.6. The lowest BCUT2D eigenvalue weighted by molar-refractivity contribution is -0.137. The van der Waals surface area contributed by atoms with E-state index >= 15 is 0 Å². The highest BCUT2D eigenvalue weighted by Gasteiger charge is 2.37. The number of nitrogens with zero attached hydrogens (tertiary/aromatic N) is 4. The number of hydrogen-bond donors (Lipinski definition) is 0. The van der Waals surface area contributed by atoms with Crippen molar-refractivity contribution in [2.24, 2.45) is 0 Å². The summed E-state index contributed by atoms with van der Waals surface area (Å²) in [5, 5.41) is 9.30. The average molecular weight is 717 g/mol. The van der Waals surface area contributed by atoms with Crippen LogP contribution < -0.4 is 4.74 Å². The Morgan fingerprint density at radius 1 is 0.808 bits per heavy atom. The number of carbonyl (C=O) groups excluding carboxylic acids is 2. The Kier molecular flexibility index (Phi) is 11.0. The van der Waals surface area contributed by atoms with E-state index in [0.29, 0.717) is 36.2 Å². The standard InChI is InChI=1S/C40H43F3N4O5/c1-39(2,3)52-37(48)46-20-21-47(38(49)51-26-28-14-8-5-9-15-28)30(24-46)23-34-31-16-10-11-17-32(31)36(45-44-34)33-19-18-29(40(41,42)43)22-35(33)50-25-27-12-6-4-7-13-27/h4-9,12-15,18-19,22,30H,10-11,16-17,20-21,23-26H2,1-3H3. The van der Waals surface area contributed by atoms with Gasteiger partial charge in [-0.25, -0.2) is 9.59 Å².